The quantitative estimate of drug-likeness (QED) is 0.436. The molecule has 0 spiro atoms. The van der Waals surface area contributed by atoms with Crippen LogP contribution in [0.2, 0.25) is 0 Å². The van der Waals surface area contributed by atoms with Crippen LogP contribution in [0.25, 0.3) is 0 Å². The topological polar surface area (TPSA) is 78.8 Å². The highest BCUT2D eigenvalue weighted by Crippen LogP contribution is 2.14. The van der Waals surface area contributed by atoms with Crippen LogP contribution in [-0.4, -0.2) is 23.8 Å². The van der Waals surface area contributed by atoms with E-state index in [1.54, 1.807) is 12.1 Å². The Hall–Kier alpha value is -1.53. The van der Waals surface area contributed by atoms with Crippen molar-refractivity contribution in [3.05, 3.63) is 24.3 Å². The van der Waals surface area contributed by atoms with E-state index in [-0.39, 0.29) is 0 Å². The van der Waals surface area contributed by atoms with Gasteiger partial charge in [-0.25, -0.2) is 0 Å². The van der Waals surface area contributed by atoms with Gasteiger partial charge in [-0.15, -0.1) is 0 Å². The molecule has 3 N–H and O–H groups in total. The summed E-state index contributed by atoms with van der Waals surface area (Å²) in [6.45, 7) is 0. The van der Waals surface area contributed by atoms with Gasteiger partial charge in [-0.3, -0.25) is 4.79 Å². The summed E-state index contributed by atoms with van der Waals surface area (Å²) >= 11 is 0. The molecule has 0 aliphatic carbocycles. The molecule has 6 heteroatoms. The fourth-order valence-corrected chi connectivity index (χ4v) is 0.819. The molecule has 0 bridgehead atoms. The summed E-state index contributed by atoms with van der Waals surface area (Å²) in [5.74, 6) is 0.312. The van der Waals surface area contributed by atoms with Gasteiger partial charge >= 0.3 is 7.32 Å². The molecule has 0 radical (unpaired) electrons. The minimum atomic E-state index is -1.83. The van der Waals surface area contributed by atoms with Gasteiger partial charge in [0.25, 0.3) is 0 Å². The van der Waals surface area contributed by atoms with Crippen LogP contribution in [0.4, 0.5) is 5.69 Å². The van der Waals surface area contributed by atoms with Gasteiger partial charge in [0.15, 0.2) is 0 Å². The average molecular weight is 181 g/mol. The van der Waals surface area contributed by atoms with Crippen LogP contribution >= 0.6 is 0 Å². The standard InChI is InChI=1S/C7H8BNO4/c10-5-9-6-1-3-7(4-2-6)13-8(11)12/h1-5,11-12H,(H,9,10). The van der Waals surface area contributed by atoms with E-state index in [0.29, 0.717) is 17.8 Å². The number of carbonyl (C=O) groups is 1. The lowest BCUT2D eigenvalue weighted by Crippen LogP contribution is -2.20. The lowest BCUT2D eigenvalue weighted by Gasteiger charge is -2.04. The molecule has 0 atom stereocenters. The third-order valence-electron chi connectivity index (χ3n) is 1.32. The van der Waals surface area contributed by atoms with Crippen LogP contribution in [0.15, 0.2) is 24.3 Å². The SMILES string of the molecule is O=CNc1ccc(OB(O)O)cc1. The highest BCUT2D eigenvalue weighted by Gasteiger charge is 2.10. The number of hydrogen-bond acceptors (Lipinski definition) is 4. The van der Waals surface area contributed by atoms with Crippen LogP contribution in [0.3, 0.4) is 0 Å². The first-order chi connectivity index (χ1) is 6.22. The highest BCUT2D eigenvalue weighted by atomic mass is 16.6. The lowest BCUT2D eigenvalue weighted by atomic mass is 10.2. The molecule has 1 rings (SSSR count). The Labute approximate surface area is 75.1 Å². The van der Waals surface area contributed by atoms with Gasteiger partial charge in [-0.1, -0.05) is 0 Å². The monoisotopic (exact) mass is 181 g/mol. The Balaban J connectivity index is 2.63. The summed E-state index contributed by atoms with van der Waals surface area (Å²) in [6.07, 6.45) is 0.552. The predicted octanol–water partition coefficient (Wildman–Crippen LogP) is -0.397. The number of carbonyl (C=O) groups excluding carboxylic acids is 1. The van der Waals surface area contributed by atoms with Crippen molar-refractivity contribution in [2.75, 3.05) is 5.32 Å². The molecule has 1 amide bonds. The van der Waals surface area contributed by atoms with E-state index in [9.17, 15) is 4.79 Å². The van der Waals surface area contributed by atoms with Crippen molar-refractivity contribution in [2.45, 2.75) is 0 Å². The number of rotatable bonds is 4. The molecular formula is C7H8BNO4. The Morgan fingerprint density at radius 3 is 2.38 bits per heavy atom. The molecule has 1 aromatic rings. The van der Waals surface area contributed by atoms with E-state index in [2.05, 4.69) is 9.97 Å². The van der Waals surface area contributed by atoms with E-state index in [1.165, 1.54) is 12.1 Å². The third-order valence-corrected chi connectivity index (χ3v) is 1.32. The number of anilines is 1. The summed E-state index contributed by atoms with van der Waals surface area (Å²) in [6, 6.07) is 6.16. The van der Waals surface area contributed by atoms with Crippen LogP contribution in [0, 0.1) is 0 Å². The van der Waals surface area contributed by atoms with Gasteiger partial charge in [-0.2, -0.15) is 0 Å². The van der Waals surface area contributed by atoms with E-state index in [0.717, 1.165) is 0 Å². The fourth-order valence-electron chi connectivity index (χ4n) is 0.819. The number of nitrogens with one attached hydrogen (secondary N) is 1. The van der Waals surface area contributed by atoms with Crippen LogP contribution in [0.1, 0.15) is 0 Å². The molecule has 0 unspecified atom stereocenters. The van der Waals surface area contributed by atoms with Crippen molar-refractivity contribution in [1.82, 2.24) is 0 Å². The zero-order chi connectivity index (χ0) is 9.68. The van der Waals surface area contributed by atoms with E-state index >= 15 is 0 Å². The third kappa shape index (κ3) is 3.14. The largest absolute Gasteiger partial charge is 0.707 e. The fraction of sp³-hybridized carbons (Fsp3) is 0. The molecule has 68 valence electrons. The smallest absolute Gasteiger partial charge is 0.512 e. The van der Waals surface area contributed by atoms with Gasteiger partial charge in [0.1, 0.15) is 5.75 Å². The van der Waals surface area contributed by atoms with Crippen molar-refractivity contribution in [3.63, 3.8) is 0 Å². The minimum Gasteiger partial charge on any atom is -0.512 e. The van der Waals surface area contributed by atoms with Gasteiger partial charge in [-0.05, 0) is 24.3 Å². The Kier molecular flexibility index (Phi) is 3.30. The van der Waals surface area contributed by atoms with Gasteiger partial charge in [0.2, 0.25) is 6.41 Å². The Morgan fingerprint density at radius 2 is 1.92 bits per heavy atom. The summed E-state index contributed by atoms with van der Waals surface area (Å²) in [5, 5.41) is 19.3. The average Bonchev–Trinajstić information content (AvgIpc) is 2.08. The van der Waals surface area contributed by atoms with Crippen molar-refractivity contribution >= 4 is 19.4 Å². The zero-order valence-electron chi connectivity index (χ0n) is 6.68. The van der Waals surface area contributed by atoms with Gasteiger partial charge in [0.05, 0.1) is 0 Å². The summed E-state index contributed by atoms with van der Waals surface area (Å²) in [7, 11) is -1.83. The minimum absolute atomic E-state index is 0.312. The summed E-state index contributed by atoms with van der Waals surface area (Å²) in [5.41, 5.74) is 0.606. The second kappa shape index (κ2) is 4.49. The summed E-state index contributed by atoms with van der Waals surface area (Å²) < 4.78 is 4.54. The molecule has 13 heavy (non-hydrogen) atoms. The van der Waals surface area contributed by atoms with E-state index in [4.69, 9.17) is 10.0 Å². The summed E-state index contributed by atoms with van der Waals surface area (Å²) in [4.78, 5) is 10.0. The highest BCUT2D eigenvalue weighted by molar-refractivity contribution is 6.33. The molecule has 0 aromatic heterocycles. The molecule has 0 fully saturated rings. The first kappa shape index (κ1) is 9.56. The Morgan fingerprint density at radius 1 is 1.31 bits per heavy atom. The van der Waals surface area contributed by atoms with Crippen LogP contribution < -0.4 is 9.97 Å². The molecule has 0 heterocycles. The first-order valence-electron chi connectivity index (χ1n) is 3.55. The molecule has 0 aliphatic rings. The van der Waals surface area contributed by atoms with Crippen LogP contribution in [0.5, 0.6) is 5.75 Å². The number of amides is 1. The lowest BCUT2D eigenvalue weighted by molar-refractivity contribution is -0.105. The van der Waals surface area contributed by atoms with Crippen molar-refractivity contribution in [3.8, 4) is 5.75 Å². The molecule has 1 aromatic carbocycles. The van der Waals surface area contributed by atoms with Gasteiger partial charge < -0.3 is 20.0 Å². The maximum Gasteiger partial charge on any atom is 0.707 e. The van der Waals surface area contributed by atoms with Gasteiger partial charge in [0, 0.05) is 5.69 Å². The second-order valence-electron chi connectivity index (χ2n) is 2.23. The molecule has 5 nitrogen and oxygen atoms in total. The second-order valence-corrected chi connectivity index (χ2v) is 2.23. The van der Waals surface area contributed by atoms with Crippen molar-refractivity contribution in [2.24, 2.45) is 0 Å². The number of hydrogen-bond donors (Lipinski definition) is 3. The van der Waals surface area contributed by atoms with E-state index in [1.807, 2.05) is 0 Å². The molecule has 0 aliphatic heterocycles. The first-order valence-corrected chi connectivity index (χ1v) is 3.55. The number of benzene rings is 1. The van der Waals surface area contributed by atoms with Crippen LogP contribution in [-0.2, 0) is 4.79 Å². The normalized spacial score (nSPS) is 9.08. The predicted molar refractivity (Wildman–Crippen MR) is 46.9 cm³/mol. The van der Waals surface area contributed by atoms with E-state index < -0.39 is 7.32 Å². The molecule has 0 saturated carbocycles. The van der Waals surface area contributed by atoms with Crippen molar-refractivity contribution < 1.29 is 19.5 Å². The molecular weight excluding hydrogens is 173 g/mol. The molecule has 0 saturated heterocycles. The Bertz CT molecular complexity index is 274. The zero-order valence-corrected chi connectivity index (χ0v) is 6.68. The maximum atomic E-state index is 10.0. The van der Waals surface area contributed by atoms with Crippen molar-refractivity contribution in [1.29, 1.82) is 0 Å². The maximum absolute atomic E-state index is 10.0.